The van der Waals surface area contributed by atoms with Crippen LogP contribution in [0.15, 0.2) is 40.0 Å². The Morgan fingerprint density at radius 3 is 2.78 bits per heavy atom. The fourth-order valence-electron chi connectivity index (χ4n) is 1.99. The summed E-state index contributed by atoms with van der Waals surface area (Å²) in [5.74, 6) is 1.59. The minimum absolute atomic E-state index is 0. The van der Waals surface area contributed by atoms with Crippen LogP contribution in [0.4, 0.5) is 0 Å². The molecule has 0 aliphatic rings. The lowest BCUT2D eigenvalue weighted by Gasteiger charge is -2.11. The molecule has 0 unspecified atom stereocenters. The van der Waals surface area contributed by atoms with E-state index < -0.39 is 0 Å². The fourth-order valence-corrected chi connectivity index (χ4v) is 1.99. The topological polar surface area (TPSA) is 71.7 Å². The van der Waals surface area contributed by atoms with Gasteiger partial charge in [-0.1, -0.05) is 17.3 Å². The van der Waals surface area contributed by atoms with Gasteiger partial charge in [0.25, 0.3) is 0 Å². The molecular weight excluding hydrogens is 407 g/mol. The summed E-state index contributed by atoms with van der Waals surface area (Å²) in [6.07, 6.45) is 1.55. The molecule has 0 aliphatic heterocycles. The second-order valence-electron chi connectivity index (χ2n) is 4.85. The molecule has 7 heteroatoms. The summed E-state index contributed by atoms with van der Waals surface area (Å²) in [6.45, 7) is 5.96. The first-order valence-corrected chi connectivity index (χ1v) is 7.28. The molecule has 6 nitrogen and oxygen atoms in total. The van der Waals surface area contributed by atoms with Crippen molar-refractivity contribution >= 4 is 29.9 Å². The van der Waals surface area contributed by atoms with E-state index in [-0.39, 0.29) is 24.0 Å². The second-order valence-corrected chi connectivity index (χ2v) is 4.85. The summed E-state index contributed by atoms with van der Waals surface area (Å²) in [4.78, 5) is 4.58. The Balaban J connectivity index is 0.00000264. The van der Waals surface area contributed by atoms with Gasteiger partial charge < -0.3 is 19.9 Å². The highest BCUT2D eigenvalue weighted by molar-refractivity contribution is 14.0. The Labute approximate surface area is 153 Å². The van der Waals surface area contributed by atoms with Crippen LogP contribution in [0, 0.1) is 6.92 Å². The van der Waals surface area contributed by atoms with Crippen molar-refractivity contribution < 1.29 is 9.26 Å². The molecule has 0 amide bonds. The Morgan fingerprint density at radius 1 is 1.30 bits per heavy atom. The summed E-state index contributed by atoms with van der Waals surface area (Å²) < 4.78 is 10.2. The van der Waals surface area contributed by atoms with E-state index in [1.54, 1.807) is 13.4 Å². The van der Waals surface area contributed by atoms with Crippen molar-refractivity contribution in [1.29, 1.82) is 0 Å². The number of aromatic nitrogens is 1. The SMILES string of the molecule is CCNC(=NCc1ccc(C)cc1OC)NCc1ccon1.I. The standard InChI is InChI=1S/C16H22N4O2.HI/c1-4-17-16(19-11-14-7-8-22-20-14)18-10-13-6-5-12(2)9-15(13)21-3;/h5-9H,4,10-11H2,1-3H3,(H2,17,18,19);1H. The van der Waals surface area contributed by atoms with Crippen LogP contribution in [0.1, 0.15) is 23.7 Å². The molecule has 2 N–H and O–H groups in total. The van der Waals surface area contributed by atoms with Gasteiger partial charge in [-0.3, -0.25) is 0 Å². The molecule has 0 saturated carbocycles. The van der Waals surface area contributed by atoms with Gasteiger partial charge in [-0.25, -0.2) is 4.99 Å². The number of hydrogen-bond donors (Lipinski definition) is 2. The number of hydrogen-bond acceptors (Lipinski definition) is 4. The third kappa shape index (κ3) is 6.09. The zero-order valence-corrected chi connectivity index (χ0v) is 16.0. The maximum atomic E-state index is 5.40. The van der Waals surface area contributed by atoms with Gasteiger partial charge in [0.15, 0.2) is 5.96 Å². The van der Waals surface area contributed by atoms with Gasteiger partial charge >= 0.3 is 0 Å². The monoisotopic (exact) mass is 430 g/mol. The highest BCUT2D eigenvalue weighted by atomic mass is 127. The van der Waals surface area contributed by atoms with Crippen molar-refractivity contribution in [2.45, 2.75) is 26.9 Å². The number of ether oxygens (including phenoxy) is 1. The van der Waals surface area contributed by atoms with Crippen LogP contribution in [-0.4, -0.2) is 24.8 Å². The molecule has 2 aromatic rings. The zero-order chi connectivity index (χ0) is 15.8. The maximum Gasteiger partial charge on any atom is 0.191 e. The molecule has 0 atom stereocenters. The lowest BCUT2D eigenvalue weighted by atomic mass is 10.1. The van der Waals surface area contributed by atoms with Gasteiger partial charge in [-0.05, 0) is 25.5 Å². The Kier molecular flexibility index (Phi) is 8.46. The van der Waals surface area contributed by atoms with Crippen LogP contribution in [0.5, 0.6) is 5.75 Å². The van der Waals surface area contributed by atoms with Crippen LogP contribution in [0.2, 0.25) is 0 Å². The third-order valence-corrected chi connectivity index (χ3v) is 3.12. The number of guanidine groups is 1. The molecule has 23 heavy (non-hydrogen) atoms. The molecule has 2 rings (SSSR count). The maximum absolute atomic E-state index is 5.40. The van der Waals surface area contributed by atoms with E-state index in [9.17, 15) is 0 Å². The first kappa shape index (κ1) is 19.3. The van der Waals surface area contributed by atoms with Crippen LogP contribution in [0.25, 0.3) is 0 Å². The average molecular weight is 430 g/mol. The van der Waals surface area contributed by atoms with Crippen molar-refractivity contribution in [3.05, 3.63) is 47.3 Å². The van der Waals surface area contributed by atoms with Gasteiger partial charge in [0, 0.05) is 18.2 Å². The van der Waals surface area contributed by atoms with Crippen LogP contribution < -0.4 is 15.4 Å². The van der Waals surface area contributed by atoms with Gasteiger partial charge in [-0.2, -0.15) is 0 Å². The summed E-state index contributed by atoms with van der Waals surface area (Å²) in [6, 6.07) is 7.93. The Bertz CT molecular complexity index is 615. The molecule has 0 fully saturated rings. The van der Waals surface area contributed by atoms with Crippen LogP contribution in [-0.2, 0) is 13.1 Å². The van der Waals surface area contributed by atoms with E-state index in [4.69, 9.17) is 9.26 Å². The van der Waals surface area contributed by atoms with Crippen molar-refractivity contribution in [3.8, 4) is 5.75 Å². The Hall–Kier alpha value is -1.77. The van der Waals surface area contributed by atoms with E-state index in [0.717, 1.165) is 29.5 Å². The molecule has 0 spiro atoms. The van der Waals surface area contributed by atoms with E-state index in [2.05, 4.69) is 26.8 Å². The van der Waals surface area contributed by atoms with Crippen molar-refractivity contribution in [2.24, 2.45) is 4.99 Å². The zero-order valence-electron chi connectivity index (χ0n) is 13.6. The van der Waals surface area contributed by atoms with Crippen molar-refractivity contribution in [1.82, 2.24) is 15.8 Å². The highest BCUT2D eigenvalue weighted by Crippen LogP contribution is 2.20. The summed E-state index contributed by atoms with van der Waals surface area (Å²) >= 11 is 0. The molecule has 1 heterocycles. The molecule has 1 aromatic carbocycles. The summed E-state index contributed by atoms with van der Waals surface area (Å²) in [5.41, 5.74) is 3.05. The summed E-state index contributed by atoms with van der Waals surface area (Å²) in [5, 5.41) is 10.3. The van der Waals surface area contributed by atoms with E-state index in [1.807, 2.05) is 32.0 Å². The predicted molar refractivity (Wildman–Crippen MR) is 101 cm³/mol. The normalized spacial score (nSPS) is 10.8. The number of halogens is 1. The molecular formula is C16H23IN4O2. The molecule has 0 aliphatic carbocycles. The lowest BCUT2D eigenvalue weighted by molar-refractivity contribution is 0.409. The minimum atomic E-state index is 0. The fraction of sp³-hybridized carbons (Fsp3) is 0.375. The Morgan fingerprint density at radius 2 is 2.13 bits per heavy atom. The van der Waals surface area contributed by atoms with Crippen molar-refractivity contribution in [2.75, 3.05) is 13.7 Å². The molecule has 0 saturated heterocycles. The predicted octanol–water partition coefficient (Wildman–Crippen LogP) is 2.86. The van der Waals surface area contributed by atoms with Gasteiger partial charge in [0.05, 0.1) is 20.2 Å². The number of rotatable bonds is 6. The average Bonchev–Trinajstić information content (AvgIpc) is 3.04. The number of benzene rings is 1. The number of nitrogens with one attached hydrogen (secondary N) is 2. The smallest absolute Gasteiger partial charge is 0.191 e. The van der Waals surface area contributed by atoms with Crippen LogP contribution in [0.3, 0.4) is 0 Å². The van der Waals surface area contributed by atoms with Crippen LogP contribution >= 0.6 is 24.0 Å². The molecule has 0 bridgehead atoms. The van der Waals surface area contributed by atoms with E-state index in [0.29, 0.717) is 13.1 Å². The first-order chi connectivity index (χ1) is 10.7. The second kappa shape index (κ2) is 10.1. The quantitative estimate of drug-likeness (QED) is 0.419. The largest absolute Gasteiger partial charge is 0.496 e. The molecule has 0 radical (unpaired) electrons. The van der Waals surface area contributed by atoms with Gasteiger partial charge in [0.2, 0.25) is 0 Å². The molecule has 126 valence electrons. The van der Waals surface area contributed by atoms with Gasteiger partial charge in [0.1, 0.15) is 17.7 Å². The van der Waals surface area contributed by atoms with Gasteiger partial charge in [-0.15, -0.1) is 24.0 Å². The number of nitrogens with zero attached hydrogens (tertiary/aromatic N) is 2. The molecule has 1 aromatic heterocycles. The van der Waals surface area contributed by atoms with E-state index >= 15 is 0 Å². The lowest BCUT2D eigenvalue weighted by Crippen LogP contribution is -2.36. The highest BCUT2D eigenvalue weighted by Gasteiger charge is 2.04. The minimum Gasteiger partial charge on any atom is -0.496 e. The van der Waals surface area contributed by atoms with E-state index in [1.165, 1.54) is 5.56 Å². The number of aliphatic imine (C=N–C) groups is 1. The third-order valence-electron chi connectivity index (χ3n) is 3.12. The number of aryl methyl sites for hydroxylation is 1. The van der Waals surface area contributed by atoms with Crippen molar-refractivity contribution in [3.63, 3.8) is 0 Å². The first-order valence-electron chi connectivity index (χ1n) is 7.28. The number of methoxy groups -OCH3 is 1. The summed E-state index contributed by atoms with van der Waals surface area (Å²) in [7, 11) is 1.68.